The smallest absolute Gasteiger partial charge is 0.326 e. The van der Waals surface area contributed by atoms with Crippen LogP contribution in [-0.2, 0) is 24.0 Å². The molecule has 4 atom stereocenters. The van der Waals surface area contributed by atoms with Gasteiger partial charge in [-0.2, -0.15) is 0 Å². The van der Waals surface area contributed by atoms with Crippen LogP contribution in [0.2, 0.25) is 0 Å². The Kier molecular flexibility index (Phi) is 11.9. The Bertz CT molecular complexity index is 814. The van der Waals surface area contributed by atoms with Crippen molar-refractivity contribution in [2.75, 3.05) is 13.1 Å². The maximum atomic E-state index is 13.2. The normalized spacial score (nSPS) is 17.8. The van der Waals surface area contributed by atoms with Crippen LogP contribution in [0.15, 0.2) is 4.99 Å². The van der Waals surface area contributed by atoms with Gasteiger partial charge in [0.05, 0.1) is 6.04 Å². The highest BCUT2D eigenvalue weighted by Gasteiger charge is 2.39. The molecule has 0 spiro atoms. The zero-order valence-electron chi connectivity index (χ0n) is 20.1. The molecular weight excluding hydrogens is 462 g/mol. The quantitative estimate of drug-likeness (QED) is 0.0781. The summed E-state index contributed by atoms with van der Waals surface area (Å²) in [6.07, 6.45) is 0.595. The zero-order valence-corrected chi connectivity index (χ0v) is 20.1. The van der Waals surface area contributed by atoms with Crippen molar-refractivity contribution >= 4 is 35.6 Å². The lowest BCUT2D eigenvalue weighted by Gasteiger charge is -2.30. The maximum Gasteiger partial charge on any atom is 0.326 e. The molecule has 0 radical (unpaired) electrons. The molecule has 0 aromatic rings. The number of carbonyl (C=O) groups is 5. The summed E-state index contributed by atoms with van der Waals surface area (Å²) >= 11 is 0. The van der Waals surface area contributed by atoms with Crippen molar-refractivity contribution in [1.29, 1.82) is 0 Å². The van der Waals surface area contributed by atoms with E-state index < -0.39 is 53.8 Å². The molecule has 0 aliphatic carbocycles. The lowest BCUT2D eigenvalue weighted by Crippen LogP contribution is -2.57. The highest BCUT2D eigenvalue weighted by molar-refractivity contribution is 5.94. The number of rotatable bonds is 14. The predicted octanol–water partition coefficient (Wildman–Crippen LogP) is -2.07. The molecule has 1 rings (SSSR count). The summed E-state index contributed by atoms with van der Waals surface area (Å²) in [5.41, 5.74) is 16.3. The van der Waals surface area contributed by atoms with Gasteiger partial charge in [-0.15, -0.1) is 0 Å². The molecule has 10 N–H and O–H groups in total. The topological polar surface area (TPSA) is 244 Å². The number of hydrogen-bond acceptors (Lipinski definition) is 7. The lowest BCUT2D eigenvalue weighted by atomic mass is 10.0. The zero-order chi connectivity index (χ0) is 26.7. The molecule has 0 saturated carbocycles. The second kappa shape index (κ2) is 14.1. The molecule has 35 heavy (non-hydrogen) atoms. The number of hydrogen-bond donors (Lipinski definition) is 7. The molecule has 14 nitrogen and oxygen atoms in total. The molecule has 1 heterocycles. The number of carbonyl (C=O) groups excluding carboxylic acids is 3. The van der Waals surface area contributed by atoms with Crippen LogP contribution in [0, 0.1) is 5.92 Å². The molecule has 0 bridgehead atoms. The van der Waals surface area contributed by atoms with E-state index >= 15 is 0 Å². The Morgan fingerprint density at radius 3 is 2.26 bits per heavy atom. The van der Waals surface area contributed by atoms with Crippen LogP contribution in [0.5, 0.6) is 0 Å². The first-order valence-corrected chi connectivity index (χ1v) is 11.5. The van der Waals surface area contributed by atoms with Crippen molar-refractivity contribution in [3.8, 4) is 0 Å². The minimum Gasteiger partial charge on any atom is -0.481 e. The second-order valence-electron chi connectivity index (χ2n) is 8.80. The van der Waals surface area contributed by atoms with Crippen LogP contribution in [0.4, 0.5) is 0 Å². The lowest BCUT2D eigenvalue weighted by molar-refractivity contribution is -0.145. The second-order valence-corrected chi connectivity index (χ2v) is 8.80. The summed E-state index contributed by atoms with van der Waals surface area (Å²) in [6.45, 7) is 3.86. The molecule has 198 valence electrons. The fraction of sp³-hybridized carbons (Fsp3) is 0.714. The Morgan fingerprint density at radius 2 is 1.71 bits per heavy atom. The third kappa shape index (κ3) is 9.76. The van der Waals surface area contributed by atoms with Crippen LogP contribution in [0.1, 0.15) is 52.4 Å². The van der Waals surface area contributed by atoms with Gasteiger partial charge < -0.3 is 42.9 Å². The average Bonchev–Trinajstić information content (AvgIpc) is 3.26. The summed E-state index contributed by atoms with van der Waals surface area (Å²) in [5.74, 6) is -4.59. The largest absolute Gasteiger partial charge is 0.481 e. The number of carboxylic acid groups (broad SMARTS) is 2. The predicted molar refractivity (Wildman–Crippen MR) is 126 cm³/mol. The van der Waals surface area contributed by atoms with E-state index in [1.165, 1.54) is 4.90 Å². The molecule has 1 saturated heterocycles. The molecule has 3 amide bonds. The third-order valence-corrected chi connectivity index (χ3v) is 5.68. The Hall–Kier alpha value is -3.42. The molecule has 14 heteroatoms. The van der Waals surface area contributed by atoms with E-state index in [0.29, 0.717) is 19.3 Å². The standard InChI is InChI=1S/C21H37N7O7/c1-11(2)16(22)18(32)26-12(7-8-15(29)30)19(33)28-10-4-6-14(28)17(31)27-13(20(34)35)5-3-9-25-21(23)24/h11-14,16H,3-10,22H2,1-2H3,(H,26,32)(H,27,31)(H,29,30)(H,34,35)(H4,23,24,25). The van der Waals surface area contributed by atoms with Gasteiger partial charge in [-0.25, -0.2) is 4.79 Å². The average molecular weight is 500 g/mol. The number of aliphatic imine (C=N–C) groups is 1. The molecule has 1 fully saturated rings. The van der Waals surface area contributed by atoms with Gasteiger partial charge in [0.15, 0.2) is 5.96 Å². The Morgan fingerprint density at radius 1 is 1.06 bits per heavy atom. The minimum atomic E-state index is -1.24. The molecule has 1 aliphatic heterocycles. The summed E-state index contributed by atoms with van der Waals surface area (Å²) in [6, 6.07) is -4.25. The first-order chi connectivity index (χ1) is 16.3. The third-order valence-electron chi connectivity index (χ3n) is 5.68. The summed E-state index contributed by atoms with van der Waals surface area (Å²) in [4.78, 5) is 66.3. The molecule has 0 aromatic carbocycles. The van der Waals surface area contributed by atoms with Crippen molar-refractivity contribution in [2.45, 2.75) is 76.5 Å². The number of amides is 3. The van der Waals surface area contributed by atoms with E-state index in [2.05, 4.69) is 15.6 Å². The van der Waals surface area contributed by atoms with E-state index in [4.69, 9.17) is 22.3 Å². The Labute approximate surface area is 203 Å². The first-order valence-electron chi connectivity index (χ1n) is 11.5. The highest BCUT2D eigenvalue weighted by Crippen LogP contribution is 2.20. The fourth-order valence-corrected chi connectivity index (χ4v) is 3.63. The number of aliphatic carboxylic acids is 2. The number of nitrogens with one attached hydrogen (secondary N) is 2. The van der Waals surface area contributed by atoms with Gasteiger partial charge in [0, 0.05) is 19.5 Å². The maximum absolute atomic E-state index is 13.2. The van der Waals surface area contributed by atoms with E-state index in [1.807, 2.05) is 0 Å². The van der Waals surface area contributed by atoms with E-state index in [1.54, 1.807) is 13.8 Å². The van der Waals surface area contributed by atoms with Crippen LogP contribution >= 0.6 is 0 Å². The monoisotopic (exact) mass is 499 g/mol. The van der Waals surface area contributed by atoms with Crippen LogP contribution < -0.4 is 27.8 Å². The fourth-order valence-electron chi connectivity index (χ4n) is 3.63. The molecule has 0 aromatic heterocycles. The Balaban J connectivity index is 2.93. The van der Waals surface area contributed by atoms with Crippen molar-refractivity contribution in [1.82, 2.24) is 15.5 Å². The van der Waals surface area contributed by atoms with Gasteiger partial charge in [-0.05, 0) is 38.0 Å². The van der Waals surface area contributed by atoms with Gasteiger partial charge in [-0.1, -0.05) is 13.8 Å². The first kappa shape index (κ1) is 29.6. The van der Waals surface area contributed by atoms with Gasteiger partial charge in [0.25, 0.3) is 0 Å². The van der Waals surface area contributed by atoms with Gasteiger partial charge in [0.1, 0.15) is 18.1 Å². The van der Waals surface area contributed by atoms with Crippen molar-refractivity contribution in [3.05, 3.63) is 0 Å². The number of carboxylic acids is 2. The molecule has 4 unspecified atom stereocenters. The number of nitrogens with zero attached hydrogens (tertiary/aromatic N) is 2. The van der Waals surface area contributed by atoms with Gasteiger partial charge >= 0.3 is 11.9 Å². The summed E-state index contributed by atoms with van der Waals surface area (Å²) in [5, 5.41) is 23.5. The number of guanidine groups is 1. The van der Waals surface area contributed by atoms with E-state index in [9.17, 15) is 29.1 Å². The summed E-state index contributed by atoms with van der Waals surface area (Å²) in [7, 11) is 0. The van der Waals surface area contributed by atoms with Crippen molar-refractivity contribution < 1.29 is 34.2 Å². The van der Waals surface area contributed by atoms with Crippen molar-refractivity contribution in [2.24, 2.45) is 28.1 Å². The van der Waals surface area contributed by atoms with Gasteiger partial charge in [-0.3, -0.25) is 24.2 Å². The van der Waals surface area contributed by atoms with Crippen LogP contribution in [0.3, 0.4) is 0 Å². The number of nitrogens with two attached hydrogens (primary N) is 3. The number of likely N-dealkylation sites (tertiary alicyclic amines) is 1. The summed E-state index contributed by atoms with van der Waals surface area (Å²) < 4.78 is 0. The van der Waals surface area contributed by atoms with Crippen LogP contribution in [-0.4, -0.2) is 88.0 Å². The minimum absolute atomic E-state index is 0.0723. The SMILES string of the molecule is CC(C)C(N)C(=O)NC(CCC(=O)O)C(=O)N1CCCC1C(=O)NC(CCCN=C(N)N)C(=O)O. The highest BCUT2D eigenvalue weighted by atomic mass is 16.4. The molecule has 1 aliphatic rings. The molecular formula is C21H37N7O7. The van der Waals surface area contributed by atoms with Crippen LogP contribution in [0.25, 0.3) is 0 Å². The van der Waals surface area contributed by atoms with Crippen molar-refractivity contribution in [3.63, 3.8) is 0 Å². The van der Waals surface area contributed by atoms with E-state index in [-0.39, 0.29) is 44.2 Å². The van der Waals surface area contributed by atoms with Gasteiger partial charge in [0.2, 0.25) is 17.7 Å². The van der Waals surface area contributed by atoms with E-state index in [0.717, 1.165) is 0 Å².